The topological polar surface area (TPSA) is 149 Å². The highest BCUT2D eigenvalue weighted by Gasteiger charge is 2.36. The Morgan fingerprint density at radius 1 is 1.11 bits per heavy atom. The molecular formula is C22H14ClF5N8O. The van der Waals surface area contributed by atoms with Gasteiger partial charge in [0, 0.05) is 6.07 Å². The first-order valence-electron chi connectivity index (χ1n) is 10.2. The van der Waals surface area contributed by atoms with E-state index in [9.17, 15) is 32.0 Å². The maximum Gasteiger partial charge on any atom is 0.391 e. The fraction of sp³-hybridized carbons (Fsp3) is 0.136. The predicted molar refractivity (Wildman–Crippen MR) is 125 cm³/mol. The minimum absolute atomic E-state index is 0.0863. The molecule has 0 aliphatic heterocycles. The van der Waals surface area contributed by atoms with Crippen molar-refractivity contribution in [1.82, 2.24) is 19.5 Å². The lowest BCUT2D eigenvalue weighted by atomic mass is 10.1. The Morgan fingerprint density at radius 2 is 1.78 bits per heavy atom. The van der Waals surface area contributed by atoms with E-state index < -0.39 is 70.5 Å². The Bertz CT molecular complexity index is 1610. The van der Waals surface area contributed by atoms with Crippen LogP contribution in [0.3, 0.4) is 0 Å². The van der Waals surface area contributed by atoms with Gasteiger partial charge < -0.3 is 16.8 Å². The molecule has 0 unspecified atom stereocenters. The van der Waals surface area contributed by atoms with E-state index in [0.29, 0.717) is 10.6 Å². The highest BCUT2D eigenvalue weighted by molar-refractivity contribution is 6.35. The third-order valence-corrected chi connectivity index (χ3v) is 5.42. The molecule has 0 fully saturated rings. The van der Waals surface area contributed by atoms with Crippen molar-refractivity contribution < 1.29 is 22.0 Å². The zero-order chi connectivity index (χ0) is 27.1. The van der Waals surface area contributed by atoms with Crippen molar-refractivity contribution in [3.8, 4) is 11.8 Å². The molecule has 2 aromatic carbocycles. The monoisotopic (exact) mass is 536 g/mol. The Balaban J connectivity index is 2.06. The minimum Gasteiger partial charge on any atom is -0.382 e. The average molecular weight is 537 g/mol. The van der Waals surface area contributed by atoms with Crippen molar-refractivity contribution >= 4 is 40.1 Å². The third kappa shape index (κ3) is 5.21. The summed E-state index contributed by atoms with van der Waals surface area (Å²) in [6, 6.07) is 5.83. The van der Waals surface area contributed by atoms with Crippen molar-refractivity contribution in [3.05, 3.63) is 74.8 Å². The van der Waals surface area contributed by atoms with Gasteiger partial charge in [-0.3, -0.25) is 9.36 Å². The van der Waals surface area contributed by atoms with Crippen LogP contribution in [-0.2, 0) is 0 Å². The second kappa shape index (κ2) is 9.51. The van der Waals surface area contributed by atoms with Crippen LogP contribution < -0.4 is 22.3 Å². The van der Waals surface area contributed by atoms with Crippen LogP contribution in [0.25, 0.3) is 16.6 Å². The zero-order valence-corrected chi connectivity index (χ0v) is 19.1. The van der Waals surface area contributed by atoms with Gasteiger partial charge in [-0.2, -0.15) is 28.4 Å². The number of alkyl halides is 3. The highest BCUT2D eigenvalue weighted by Crippen LogP contribution is 2.34. The second-order valence-electron chi connectivity index (χ2n) is 7.69. The van der Waals surface area contributed by atoms with Gasteiger partial charge in [0.05, 0.1) is 34.1 Å². The normalized spacial score (nSPS) is 12.4. The quantitative estimate of drug-likeness (QED) is 0.321. The summed E-state index contributed by atoms with van der Waals surface area (Å²) in [6.45, 7) is 0. The van der Waals surface area contributed by atoms with Gasteiger partial charge in [0.25, 0.3) is 5.56 Å². The number of nitrogens with one attached hydrogen (secondary N) is 1. The van der Waals surface area contributed by atoms with E-state index in [4.69, 9.17) is 23.1 Å². The van der Waals surface area contributed by atoms with Crippen LogP contribution in [0.2, 0.25) is 5.02 Å². The second-order valence-corrected chi connectivity index (χ2v) is 8.10. The largest absolute Gasteiger partial charge is 0.391 e. The summed E-state index contributed by atoms with van der Waals surface area (Å²) in [5.41, 5.74) is 9.25. The number of nitrogen functional groups attached to an aromatic ring is 2. The maximum absolute atomic E-state index is 14.1. The fourth-order valence-electron chi connectivity index (χ4n) is 3.67. The number of aromatic nitrogens is 4. The fourth-order valence-corrected chi connectivity index (χ4v) is 3.92. The zero-order valence-electron chi connectivity index (χ0n) is 18.3. The standard InChI is InChI=1S/C22H14ClF5N8O/c23-13-2-1-3-14-16(13)20(37)36(11-5-9(24)4-10(25)6-11)19(33-14)15(7-22(26,27)28)32-18-12(8-29)17(30)34-21(31)35-18/h1-6,15H,7H2,(H5,30,31,32,34,35)/t15-/m0/s1. The number of hydrogen-bond donors (Lipinski definition) is 3. The first kappa shape index (κ1) is 25.6. The molecule has 9 nitrogen and oxygen atoms in total. The Labute approximate surface area is 209 Å². The predicted octanol–water partition coefficient (Wildman–Crippen LogP) is 4.25. The summed E-state index contributed by atoms with van der Waals surface area (Å²) in [5, 5.41) is 11.6. The molecule has 0 aliphatic rings. The van der Waals surface area contributed by atoms with Crippen molar-refractivity contribution in [2.45, 2.75) is 18.6 Å². The summed E-state index contributed by atoms with van der Waals surface area (Å²) in [5.74, 6) is -4.15. The molecule has 0 bridgehead atoms. The van der Waals surface area contributed by atoms with Crippen LogP contribution in [-0.4, -0.2) is 25.7 Å². The van der Waals surface area contributed by atoms with E-state index in [0.717, 1.165) is 12.1 Å². The van der Waals surface area contributed by atoms with E-state index in [1.807, 2.05) is 0 Å². The number of nitriles is 1. The molecule has 5 N–H and O–H groups in total. The van der Waals surface area contributed by atoms with Crippen LogP contribution in [0.4, 0.5) is 39.5 Å². The van der Waals surface area contributed by atoms with Crippen molar-refractivity contribution in [2.75, 3.05) is 16.8 Å². The Morgan fingerprint density at radius 3 is 2.41 bits per heavy atom. The first-order chi connectivity index (χ1) is 17.4. The Kier molecular flexibility index (Phi) is 6.57. The molecule has 190 valence electrons. The summed E-state index contributed by atoms with van der Waals surface area (Å²) in [4.78, 5) is 25.1. The summed E-state index contributed by atoms with van der Waals surface area (Å²) >= 11 is 6.15. The average Bonchev–Trinajstić information content (AvgIpc) is 2.76. The SMILES string of the molecule is N#Cc1c(N)nc(N)nc1N[C@@H](CC(F)(F)F)c1nc2cccc(Cl)c2c(=O)n1-c1cc(F)cc(F)c1. The van der Waals surface area contributed by atoms with E-state index in [1.54, 1.807) is 6.07 Å². The molecule has 0 aliphatic carbocycles. The lowest BCUT2D eigenvalue weighted by molar-refractivity contribution is -0.137. The molecule has 4 aromatic rings. The van der Waals surface area contributed by atoms with Crippen LogP contribution in [0.1, 0.15) is 23.9 Å². The number of anilines is 3. The van der Waals surface area contributed by atoms with Crippen molar-refractivity contribution in [1.29, 1.82) is 5.26 Å². The van der Waals surface area contributed by atoms with E-state index in [2.05, 4.69) is 20.3 Å². The van der Waals surface area contributed by atoms with Crippen LogP contribution in [0.15, 0.2) is 41.2 Å². The summed E-state index contributed by atoms with van der Waals surface area (Å²) in [7, 11) is 0. The molecule has 0 spiro atoms. The molecule has 0 amide bonds. The molecule has 15 heteroatoms. The van der Waals surface area contributed by atoms with Gasteiger partial charge in [-0.05, 0) is 24.3 Å². The third-order valence-electron chi connectivity index (χ3n) is 5.10. The smallest absolute Gasteiger partial charge is 0.382 e. The maximum atomic E-state index is 14.1. The van der Waals surface area contributed by atoms with Gasteiger partial charge in [0.1, 0.15) is 34.9 Å². The highest BCUT2D eigenvalue weighted by atomic mass is 35.5. The molecule has 2 heterocycles. The molecule has 0 saturated heterocycles. The number of rotatable bonds is 5. The summed E-state index contributed by atoms with van der Waals surface area (Å²) in [6.07, 6.45) is -6.51. The van der Waals surface area contributed by atoms with Gasteiger partial charge in [0.2, 0.25) is 5.95 Å². The van der Waals surface area contributed by atoms with Crippen molar-refractivity contribution in [3.63, 3.8) is 0 Å². The molecule has 0 radical (unpaired) electrons. The molecular weight excluding hydrogens is 523 g/mol. The number of halogens is 6. The van der Waals surface area contributed by atoms with Crippen molar-refractivity contribution in [2.24, 2.45) is 0 Å². The van der Waals surface area contributed by atoms with Gasteiger partial charge in [-0.25, -0.2) is 13.8 Å². The molecule has 1 atom stereocenters. The van der Waals surface area contributed by atoms with Gasteiger partial charge in [-0.1, -0.05) is 17.7 Å². The lowest BCUT2D eigenvalue weighted by Gasteiger charge is -2.24. The molecule has 37 heavy (non-hydrogen) atoms. The number of nitrogens with zero attached hydrogens (tertiary/aromatic N) is 5. The van der Waals surface area contributed by atoms with Crippen LogP contribution >= 0.6 is 11.6 Å². The molecule has 2 aromatic heterocycles. The van der Waals surface area contributed by atoms with Gasteiger partial charge >= 0.3 is 6.18 Å². The molecule has 4 rings (SSSR count). The number of hydrogen-bond acceptors (Lipinski definition) is 8. The number of benzene rings is 2. The summed E-state index contributed by atoms with van der Waals surface area (Å²) < 4.78 is 70.0. The van der Waals surface area contributed by atoms with E-state index >= 15 is 0 Å². The van der Waals surface area contributed by atoms with Gasteiger partial charge in [0.15, 0.2) is 5.82 Å². The van der Waals surface area contributed by atoms with Gasteiger partial charge in [-0.15, -0.1) is 0 Å². The number of fused-ring (bicyclic) bond motifs is 1. The minimum atomic E-state index is -4.85. The first-order valence-corrected chi connectivity index (χ1v) is 10.6. The van der Waals surface area contributed by atoms with E-state index in [1.165, 1.54) is 18.2 Å². The number of nitrogens with two attached hydrogens (primary N) is 2. The molecule has 0 saturated carbocycles. The Hall–Kier alpha value is -4.51. The van der Waals surface area contributed by atoms with E-state index in [-0.39, 0.29) is 15.9 Å². The van der Waals surface area contributed by atoms with Crippen LogP contribution in [0, 0.1) is 23.0 Å². The van der Waals surface area contributed by atoms with Crippen LogP contribution in [0.5, 0.6) is 0 Å². The lowest BCUT2D eigenvalue weighted by Crippen LogP contribution is -2.31.